The maximum atomic E-state index is 11.9. The predicted molar refractivity (Wildman–Crippen MR) is 75.6 cm³/mol. The van der Waals surface area contributed by atoms with Crippen molar-refractivity contribution in [1.82, 2.24) is 9.78 Å². The van der Waals surface area contributed by atoms with Gasteiger partial charge in [-0.2, -0.15) is 5.10 Å². The third-order valence-corrected chi connectivity index (χ3v) is 3.85. The molecule has 1 aliphatic carbocycles. The standard InChI is InChI=1S/C16H18N2O2/c1-16(8-9-16)14-10-12(17-18(14)2)11-15(19)20-13-6-4-3-5-7-13/h3-7,10H,8-9,11H2,1-2H3. The second-order valence-corrected chi connectivity index (χ2v) is 5.67. The summed E-state index contributed by atoms with van der Waals surface area (Å²) in [6.45, 7) is 2.23. The number of carbonyl (C=O) groups excluding carboxylic acids is 1. The minimum Gasteiger partial charge on any atom is -0.426 e. The molecule has 0 aliphatic heterocycles. The van der Waals surface area contributed by atoms with Crippen LogP contribution in [0.15, 0.2) is 36.4 Å². The fourth-order valence-electron chi connectivity index (χ4n) is 2.43. The summed E-state index contributed by atoms with van der Waals surface area (Å²) in [6, 6.07) is 11.1. The number of benzene rings is 1. The molecule has 0 unspecified atom stereocenters. The van der Waals surface area contributed by atoms with E-state index in [4.69, 9.17) is 4.74 Å². The second-order valence-electron chi connectivity index (χ2n) is 5.67. The molecule has 2 aromatic rings. The van der Waals surface area contributed by atoms with E-state index in [-0.39, 0.29) is 17.8 Å². The van der Waals surface area contributed by atoms with Crippen molar-refractivity contribution in [2.45, 2.75) is 31.6 Å². The van der Waals surface area contributed by atoms with E-state index in [1.165, 1.54) is 18.5 Å². The zero-order valence-electron chi connectivity index (χ0n) is 11.8. The molecule has 0 spiro atoms. The van der Waals surface area contributed by atoms with Gasteiger partial charge in [-0.3, -0.25) is 9.48 Å². The lowest BCUT2D eigenvalue weighted by Gasteiger charge is -2.06. The van der Waals surface area contributed by atoms with Gasteiger partial charge in [-0.25, -0.2) is 0 Å². The molecule has 1 fully saturated rings. The quantitative estimate of drug-likeness (QED) is 0.633. The number of aryl methyl sites for hydroxylation is 1. The van der Waals surface area contributed by atoms with Crippen LogP contribution < -0.4 is 4.74 Å². The summed E-state index contributed by atoms with van der Waals surface area (Å²) in [5, 5.41) is 4.41. The second kappa shape index (κ2) is 4.78. The van der Waals surface area contributed by atoms with Crippen molar-refractivity contribution in [3.8, 4) is 5.75 Å². The minimum atomic E-state index is -0.276. The summed E-state index contributed by atoms with van der Waals surface area (Å²) in [5.74, 6) is 0.296. The van der Waals surface area contributed by atoms with Crippen LogP contribution in [0.2, 0.25) is 0 Å². The molecule has 4 heteroatoms. The highest BCUT2D eigenvalue weighted by Gasteiger charge is 2.41. The molecule has 0 bridgehead atoms. The Kier molecular flexibility index (Phi) is 3.08. The van der Waals surface area contributed by atoms with Crippen LogP contribution in [0.1, 0.15) is 31.2 Å². The topological polar surface area (TPSA) is 44.1 Å². The van der Waals surface area contributed by atoms with Gasteiger partial charge in [0.25, 0.3) is 0 Å². The fourth-order valence-corrected chi connectivity index (χ4v) is 2.43. The van der Waals surface area contributed by atoms with E-state index in [2.05, 4.69) is 12.0 Å². The Hall–Kier alpha value is -2.10. The molecule has 20 heavy (non-hydrogen) atoms. The zero-order valence-corrected chi connectivity index (χ0v) is 11.8. The van der Waals surface area contributed by atoms with E-state index in [1.807, 2.05) is 36.0 Å². The first-order chi connectivity index (χ1) is 9.57. The molecular formula is C16H18N2O2. The Morgan fingerprint density at radius 3 is 2.70 bits per heavy atom. The molecule has 0 atom stereocenters. The van der Waals surface area contributed by atoms with E-state index < -0.39 is 0 Å². The molecule has 0 saturated heterocycles. The largest absolute Gasteiger partial charge is 0.426 e. The summed E-state index contributed by atoms with van der Waals surface area (Å²) in [4.78, 5) is 11.9. The average molecular weight is 270 g/mol. The molecule has 1 aromatic carbocycles. The highest BCUT2D eigenvalue weighted by molar-refractivity contribution is 5.74. The minimum absolute atomic E-state index is 0.207. The van der Waals surface area contributed by atoms with Crippen molar-refractivity contribution in [2.24, 2.45) is 7.05 Å². The Bertz CT molecular complexity index is 627. The van der Waals surface area contributed by atoms with Crippen molar-refractivity contribution in [3.05, 3.63) is 47.8 Å². The number of carbonyl (C=O) groups is 1. The first-order valence-corrected chi connectivity index (χ1v) is 6.86. The van der Waals surface area contributed by atoms with Gasteiger partial charge in [0.1, 0.15) is 5.75 Å². The third-order valence-electron chi connectivity index (χ3n) is 3.85. The van der Waals surface area contributed by atoms with Crippen molar-refractivity contribution >= 4 is 5.97 Å². The molecule has 0 amide bonds. The van der Waals surface area contributed by atoms with Crippen LogP contribution >= 0.6 is 0 Å². The van der Waals surface area contributed by atoms with Gasteiger partial charge in [0, 0.05) is 18.2 Å². The highest BCUT2D eigenvalue weighted by Crippen LogP contribution is 2.47. The van der Waals surface area contributed by atoms with Crippen molar-refractivity contribution in [1.29, 1.82) is 0 Å². The number of nitrogens with zero attached hydrogens (tertiary/aromatic N) is 2. The average Bonchev–Trinajstić information content (AvgIpc) is 3.04. The summed E-state index contributed by atoms with van der Waals surface area (Å²) < 4.78 is 7.17. The smallest absolute Gasteiger partial charge is 0.317 e. The summed E-state index contributed by atoms with van der Waals surface area (Å²) in [5.41, 5.74) is 2.24. The maximum absolute atomic E-state index is 11.9. The summed E-state index contributed by atoms with van der Waals surface area (Å²) in [7, 11) is 1.94. The predicted octanol–water partition coefficient (Wildman–Crippen LogP) is 2.62. The maximum Gasteiger partial charge on any atom is 0.317 e. The number of hydrogen-bond donors (Lipinski definition) is 0. The Balaban J connectivity index is 1.67. The lowest BCUT2D eigenvalue weighted by molar-refractivity contribution is -0.133. The van der Waals surface area contributed by atoms with Crippen molar-refractivity contribution in [2.75, 3.05) is 0 Å². The van der Waals surface area contributed by atoms with Crippen molar-refractivity contribution in [3.63, 3.8) is 0 Å². The van der Waals surface area contributed by atoms with Crippen LogP contribution in [-0.2, 0) is 23.7 Å². The number of hydrogen-bond acceptors (Lipinski definition) is 3. The zero-order chi connectivity index (χ0) is 14.2. The number of ether oxygens (including phenoxy) is 1. The van der Waals surface area contributed by atoms with Gasteiger partial charge in [0.05, 0.1) is 12.1 Å². The molecular weight excluding hydrogens is 252 g/mol. The first kappa shape index (κ1) is 12.9. The first-order valence-electron chi connectivity index (χ1n) is 6.86. The SMILES string of the molecule is Cn1nc(CC(=O)Oc2ccccc2)cc1C1(C)CC1. The van der Waals surface area contributed by atoms with E-state index in [0.717, 1.165) is 5.69 Å². The van der Waals surface area contributed by atoms with Crippen LogP contribution in [0.4, 0.5) is 0 Å². The van der Waals surface area contributed by atoms with E-state index in [0.29, 0.717) is 5.75 Å². The van der Waals surface area contributed by atoms with E-state index in [9.17, 15) is 4.79 Å². The molecule has 4 nitrogen and oxygen atoms in total. The van der Waals surface area contributed by atoms with Gasteiger partial charge in [0.15, 0.2) is 0 Å². The molecule has 1 aromatic heterocycles. The van der Waals surface area contributed by atoms with Gasteiger partial charge in [-0.1, -0.05) is 25.1 Å². The van der Waals surface area contributed by atoms with Crippen LogP contribution in [0, 0.1) is 0 Å². The Morgan fingerprint density at radius 1 is 1.35 bits per heavy atom. The van der Waals surface area contributed by atoms with E-state index >= 15 is 0 Å². The molecule has 1 heterocycles. The van der Waals surface area contributed by atoms with Gasteiger partial charge >= 0.3 is 5.97 Å². The highest BCUT2D eigenvalue weighted by atomic mass is 16.5. The van der Waals surface area contributed by atoms with Crippen LogP contribution in [0.5, 0.6) is 5.75 Å². The molecule has 0 N–H and O–H groups in total. The lowest BCUT2D eigenvalue weighted by atomic mass is 10.1. The molecule has 0 radical (unpaired) electrons. The Labute approximate surface area is 118 Å². The molecule has 1 saturated carbocycles. The summed E-state index contributed by atoms with van der Waals surface area (Å²) in [6.07, 6.45) is 2.60. The van der Waals surface area contributed by atoms with Crippen LogP contribution in [0.25, 0.3) is 0 Å². The summed E-state index contributed by atoms with van der Waals surface area (Å²) >= 11 is 0. The molecule has 1 aliphatic rings. The van der Waals surface area contributed by atoms with Gasteiger partial charge in [0.2, 0.25) is 0 Å². The number of para-hydroxylation sites is 1. The normalized spacial score (nSPS) is 15.9. The van der Waals surface area contributed by atoms with Crippen molar-refractivity contribution < 1.29 is 9.53 Å². The Morgan fingerprint density at radius 2 is 2.05 bits per heavy atom. The van der Waals surface area contributed by atoms with Gasteiger partial charge in [-0.05, 0) is 31.0 Å². The van der Waals surface area contributed by atoms with Crippen LogP contribution in [0.3, 0.4) is 0 Å². The fraction of sp³-hybridized carbons (Fsp3) is 0.375. The molecule has 104 valence electrons. The van der Waals surface area contributed by atoms with Crippen LogP contribution in [-0.4, -0.2) is 15.7 Å². The number of aromatic nitrogens is 2. The molecule has 3 rings (SSSR count). The number of rotatable bonds is 4. The third kappa shape index (κ3) is 2.59. The van der Waals surface area contributed by atoms with Gasteiger partial charge < -0.3 is 4.74 Å². The van der Waals surface area contributed by atoms with E-state index in [1.54, 1.807) is 12.1 Å². The number of esters is 1. The lowest BCUT2D eigenvalue weighted by Crippen LogP contribution is -2.11. The monoisotopic (exact) mass is 270 g/mol. The van der Waals surface area contributed by atoms with Gasteiger partial charge in [-0.15, -0.1) is 0 Å².